The van der Waals surface area contributed by atoms with E-state index in [0.29, 0.717) is 12.6 Å². The minimum absolute atomic E-state index is 0.327. The Morgan fingerprint density at radius 3 is 2.43 bits per heavy atom. The summed E-state index contributed by atoms with van der Waals surface area (Å²) in [5.74, 6) is 0. The summed E-state index contributed by atoms with van der Waals surface area (Å²) in [6.45, 7) is 10.6. The highest BCUT2D eigenvalue weighted by molar-refractivity contribution is 6.15. The molecule has 0 saturated carbocycles. The summed E-state index contributed by atoms with van der Waals surface area (Å²) < 4.78 is 0. The predicted octanol–water partition coefficient (Wildman–Crippen LogP) is 4.72. The molecular formula is C21H28N2. The highest BCUT2D eigenvalue weighted by Crippen LogP contribution is 2.19. The minimum Gasteiger partial charge on any atom is -0.314 e. The van der Waals surface area contributed by atoms with Gasteiger partial charge in [0.05, 0.1) is 12.3 Å². The SMILES string of the molecule is C=CCN=C(C(=C/C)/C(/C=C\C(C)NC)=C\C)c1ccccc1. The second-order valence-corrected chi connectivity index (χ2v) is 5.23. The van der Waals surface area contributed by atoms with Gasteiger partial charge in [0.1, 0.15) is 0 Å². The molecule has 1 aromatic rings. The van der Waals surface area contributed by atoms with Crippen LogP contribution in [-0.4, -0.2) is 25.3 Å². The van der Waals surface area contributed by atoms with Crippen LogP contribution in [0.2, 0.25) is 0 Å². The molecule has 1 atom stereocenters. The van der Waals surface area contributed by atoms with Crippen molar-refractivity contribution in [2.45, 2.75) is 26.8 Å². The molecule has 0 fully saturated rings. The Kier molecular flexibility index (Phi) is 8.63. The zero-order chi connectivity index (χ0) is 17.1. The van der Waals surface area contributed by atoms with Crippen LogP contribution in [0, 0.1) is 0 Å². The Hall–Kier alpha value is -2.19. The molecule has 1 aromatic carbocycles. The number of benzene rings is 1. The van der Waals surface area contributed by atoms with Crippen LogP contribution in [0.15, 0.2) is 83.4 Å². The normalized spacial score (nSPS) is 15.0. The Morgan fingerprint density at radius 2 is 1.91 bits per heavy atom. The van der Waals surface area contributed by atoms with Crippen LogP contribution in [0.25, 0.3) is 0 Å². The van der Waals surface area contributed by atoms with Gasteiger partial charge in [0.2, 0.25) is 0 Å². The summed E-state index contributed by atoms with van der Waals surface area (Å²) in [4.78, 5) is 4.74. The number of hydrogen-bond acceptors (Lipinski definition) is 2. The maximum Gasteiger partial charge on any atom is 0.0725 e. The van der Waals surface area contributed by atoms with Crippen LogP contribution in [0.1, 0.15) is 26.3 Å². The Labute approximate surface area is 141 Å². The Balaban J connectivity index is 3.26. The Morgan fingerprint density at radius 1 is 1.22 bits per heavy atom. The van der Waals surface area contributed by atoms with Gasteiger partial charge < -0.3 is 5.32 Å². The second-order valence-electron chi connectivity index (χ2n) is 5.23. The van der Waals surface area contributed by atoms with E-state index in [1.165, 1.54) is 5.57 Å². The fourth-order valence-electron chi connectivity index (χ4n) is 2.21. The van der Waals surface area contributed by atoms with Gasteiger partial charge in [0.15, 0.2) is 0 Å². The van der Waals surface area contributed by atoms with E-state index in [-0.39, 0.29) is 0 Å². The van der Waals surface area contributed by atoms with Crippen molar-refractivity contribution < 1.29 is 0 Å². The van der Waals surface area contributed by atoms with Gasteiger partial charge in [-0.15, -0.1) is 6.58 Å². The molecule has 0 saturated heterocycles. The average molecular weight is 308 g/mol. The molecule has 122 valence electrons. The van der Waals surface area contributed by atoms with Gasteiger partial charge >= 0.3 is 0 Å². The average Bonchev–Trinajstić information content (AvgIpc) is 2.60. The summed E-state index contributed by atoms with van der Waals surface area (Å²) in [5.41, 5.74) is 4.43. The van der Waals surface area contributed by atoms with Gasteiger partial charge in [-0.2, -0.15) is 0 Å². The third-order valence-corrected chi connectivity index (χ3v) is 3.61. The lowest BCUT2D eigenvalue weighted by molar-refractivity contribution is 0.729. The summed E-state index contributed by atoms with van der Waals surface area (Å²) >= 11 is 0. The first kappa shape index (κ1) is 18.9. The van der Waals surface area contributed by atoms with E-state index >= 15 is 0 Å². The van der Waals surface area contributed by atoms with E-state index < -0.39 is 0 Å². The lowest BCUT2D eigenvalue weighted by Crippen LogP contribution is -2.18. The fourth-order valence-corrected chi connectivity index (χ4v) is 2.21. The number of likely N-dealkylation sites (N-methyl/N-ethyl adjacent to an activating group) is 1. The lowest BCUT2D eigenvalue weighted by Gasteiger charge is -2.13. The van der Waals surface area contributed by atoms with E-state index in [4.69, 9.17) is 4.99 Å². The summed E-state index contributed by atoms with van der Waals surface area (Å²) in [5, 5.41) is 3.22. The largest absolute Gasteiger partial charge is 0.314 e. The molecule has 0 aromatic heterocycles. The Bertz CT molecular complexity index is 604. The van der Waals surface area contributed by atoms with Crippen molar-refractivity contribution in [2.75, 3.05) is 13.6 Å². The molecule has 0 aliphatic carbocycles. The fraction of sp³-hybridized carbons (Fsp3) is 0.286. The molecular weight excluding hydrogens is 280 g/mol. The van der Waals surface area contributed by atoms with Gasteiger partial charge in [-0.25, -0.2) is 0 Å². The summed E-state index contributed by atoms with van der Waals surface area (Å²) in [6.07, 6.45) is 10.4. The maximum absolute atomic E-state index is 4.74. The zero-order valence-corrected chi connectivity index (χ0v) is 14.7. The molecule has 1 rings (SSSR count). The minimum atomic E-state index is 0.327. The van der Waals surface area contributed by atoms with Crippen molar-refractivity contribution in [2.24, 2.45) is 4.99 Å². The van der Waals surface area contributed by atoms with Crippen molar-refractivity contribution in [3.05, 3.63) is 84.0 Å². The van der Waals surface area contributed by atoms with Crippen LogP contribution in [0.3, 0.4) is 0 Å². The smallest absolute Gasteiger partial charge is 0.0725 e. The number of nitrogens with one attached hydrogen (secondary N) is 1. The lowest BCUT2D eigenvalue weighted by atomic mass is 9.94. The molecule has 0 bridgehead atoms. The van der Waals surface area contributed by atoms with Crippen molar-refractivity contribution in [1.82, 2.24) is 5.32 Å². The van der Waals surface area contributed by atoms with E-state index in [0.717, 1.165) is 16.8 Å². The van der Waals surface area contributed by atoms with Crippen molar-refractivity contribution in [3.63, 3.8) is 0 Å². The van der Waals surface area contributed by atoms with Gasteiger partial charge in [-0.1, -0.05) is 60.7 Å². The molecule has 0 spiro atoms. The zero-order valence-electron chi connectivity index (χ0n) is 14.7. The van der Waals surface area contributed by atoms with Gasteiger partial charge in [-0.3, -0.25) is 4.99 Å². The quantitative estimate of drug-likeness (QED) is 0.419. The number of nitrogens with zero attached hydrogens (tertiary/aromatic N) is 1. The number of allylic oxidation sites excluding steroid dienone is 5. The van der Waals surface area contributed by atoms with E-state index in [2.05, 4.69) is 69.1 Å². The monoisotopic (exact) mass is 308 g/mol. The molecule has 23 heavy (non-hydrogen) atoms. The standard InChI is InChI=1S/C21H28N2/c1-6-16-23-21(19-12-10-9-11-13-19)20(8-3)18(7-2)15-14-17(4)22-5/h6-15,17,22H,1,16H2,2-5H3/b15-14-,18-7-,20-8+,23-21?. The van der Waals surface area contributed by atoms with Crippen molar-refractivity contribution in [3.8, 4) is 0 Å². The van der Waals surface area contributed by atoms with Crippen molar-refractivity contribution in [1.29, 1.82) is 0 Å². The molecule has 2 heteroatoms. The molecule has 0 radical (unpaired) electrons. The third kappa shape index (κ3) is 5.84. The number of rotatable bonds is 8. The van der Waals surface area contributed by atoms with Crippen LogP contribution >= 0.6 is 0 Å². The molecule has 1 unspecified atom stereocenters. The van der Waals surface area contributed by atoms with E-state index in [1.54, 1.807) is 0 Å². The van der Waals surface area contributed by atoms with E-state index in [9.17, 15) is 0 Å². The highest BCUT2D eigenvalue weighted by Gasteiger charge is 2.11. The maximum atomic E-state index is 4.74. The van der Waals surface area contributed by atoms with Crippen LogP contribution in [0.4, 0.5) is 0 Å². The first-order valence-electron chi connectivity index (χ1n) is 8.07. The number of aliphatic imine (C=N–C) groups is 1. The van der Waals surface area contributed by atoms with Gasteiger partial charge in [0, 0.05) is 17.2 Å². The summed E-state index contributed by atoms with van der Waals surface area (Å²) in [6, 6.07) is 10.6. The molecule has 0 aliphatic rings. The molecule has 0 aliphatic heterocycles. The molecule has 0 amide bonds. The second kappa shape index (κ2) is 10.5. The first-order valence-corrected chi connectivity index (χ1v) is 8.07. The highest BCUT2D eigenvalue weighted by atomic mass is 14.8. The van der Waals surface area contributed by atoms with Crippen LogP contribution in [-0.2, 0) is 0 Å². The molecule has 1 N–H and O–H groups in total. The summed E-state index contributed by atoms with van der Waals surface area (Å²) in [7, 11) is 1.96. The van der Waals surface area contributed by atoms with Crippen LogP contribution < -0.4 is 5.32 Å². The number of hydrogen-bond donors (Lipinski definition) is 1. The van der Waals surface area contributed by atoms with Crippen molar-refractivity contribution >= 4 is 5.71 Å². The topological polar surface area (TPSA) is 24.4 Å². The van der Waals surface area contributed by atoms with Gasteiger partial charge in [0.25, 0.3) is 0 Å². The predicted molar refractivity (Wildman–Crippen MR) is 103 cm³/mol. The molecule has 2 nitrogen and oxygen atoms in total. The first-order chi connectivity index (χ1) is 11.2. The van der Waals surface area contributed by atoms with Crippen LogP contribution in [0.5, 0.6) is 0 Å². The molecule has 0 heterocycles. The van der Waals surface area contributed by atoms with Gasteiger partial charge in [-0.05, 0) is 33.4 Å². The van der Waals surface area contributed by atoms with E-state index in [1.807, 2.05) is 31.3 Å². The third-order valence-electron chi connectivity index (χ3n) is 3.61.